The highest BCUT2D eigenvalue weighted by molar-refractivity contribution is 9.10. The lowest BCUT2D eigenvalue weighted by molar-refractivity contribution is 0.102. The third-order valence-corrected chi connectivity index (χ3v) is 6.43. The van der Waals surface area contributed by atoms with Crippen LogP contribution in [-0.4, -0.2) is 24.5 Å². The van der Waals surface area contributed by atoms with Gasteiger partial charge >= 0.3 is 0 Å². The minimum atomic E-state index is -3.93. The van der Waals surface area contributed by atoms with Crippen molar-refractivity contribution in [2.24, 2.45) is 0 Å². The van der Waals surface area contributed by atoms with E-state index in [4.69, 9.17) is 11.6 Å². The van der Waals surface area contributed by atoms with Gasteiger partial charge in [-0.2, -0.15) is 0 Å². The Morgan fingerprint density at radius 1 is 1.22 bits per heavy atom. The van der Waals surface area contributed by atoms with Crippen LogP contribution in [0.15, 0.2) is 51.3 Å². The Labute approximate surface area is 173 Å². The fourth-order valence-electron chi connectivity index (χ4n) is 2.16. The molecule has 0 aliphatic carbocycles. The molecule has 0 saturated heterocycles. The highest BCUT2D eigenvalue weighted by atomic mass is 79.9. The number of carbonyl (C=O) groups excluding carboxylic acids is 1. The molecule has 0 bridgehead atoms. The summed E-state index contributed by atoms with van der Waals surface area (Å²) in [5.74, 6) is -0.578. The second kappa shape index (κ2) is 7.93. The van der Waals surface area contributed by atoms with E-state index < -0.39 is 15.9 Å². The van der Waals surface area contributed by atoms with Crippen LogP contribution >= 0.6 is 38.9 Å². The lowest BCUT2D eigenvalue weighted by Crippen LogP contribution is -2.16. The van der Waals surface area contributed by atoms with Gasteiger partial charge in [-0.3, -0.25) is 14.8 Å². The van der Waals surface area contributed by atoms with E-state index in [2.05, 4.69) is 36.2 Å². The van der Waals surface area contributed by atoms with E-state index in [1.807, 2.05) is 13.0 Å². The van der Waals surface area contributed by atoms with E-state index >= 15 is 0 Å². The summed E-state index contributed by atoms with van der Waals surface area (Å²) in [4.78, 5) is 12.3. The van der Waals surface area contributed by atoms with Gasteiger partial charge in [-0.15, -0.1) is 10.2 Å². The average molecular weight is 488 g/mol. The number of sulfonamides is 1. The smallest absolute Gasteiger partial charge is 0.261 e. The standard InChI is InChI=1S/C16H12BrClN4O3S2/c1-9-2-4-12(17)14(6-9)22-27(24,25)10-3-5-13(18)11(7-10)15(23)20-16-21-19-8-26-16/h2-8,22H,1H3,(H,20,21,23). The van der Waals surface area contributed by atoms with Gasteiger partial charge in [-0.1, -0.05) is 29.0 Å². The lowest BCUT2D eigenvalue weighted by atomic mass is 10.2. The molecule has 2 aromatic carbocycles. The van der Waals surface area contributed by atoms with E-state index in [9.17, 15) is 13.2 Å². The predicted octanol–water partition coefficient (Wildman–Crippen LogP) is 4.32. The molecule has 0 aliphatic rings. The summed E-state index contributed by atoms with van der Waals surface area (Å²) in [7, 11) is -3.93. The number of halogens is 2. The van der Waals surface area contributed by atoms with Gasteiger partial charge in [0.15, 0.2) is 0 Å². The molecule has 0 radical (unpaired) electrons. The molecular weight excluding hydrogens is 476 g/mol. The number of aryl methyl sites for hydroxylation is 1. The number of nitrogens with zero attached hydrogens (tertiary/aromatic N) is 2. The van der Waals surface area contributed by atoms with Crippen LogP contribution in [-0.2, 0) is 10.0 Å². The molecule has 0 atom stereocenters. The molecule has 11 heteroatoms. The van der Waals surface area contributed by atoms with E-state index in [0.29, 0.717) is 10.2 Å². The van der Waals surface area contributed by atoms with Gasteiger partial charge in [0.2, 0.25) is 5.13 Å². The number of hydrogen-bond acceptors (Lipinski definition) is 6. The Hall–Kier alpha value is -2.01. The van der Waals surface area contributed by atoms with Gasteiger partial charge in [0.05, 0.1) is 21.2 Å². The van der Waals surface area contributed by atoms with Crippen LogP contribution in [0.2, 0.25) is 5.02 Å². The molecular formula is C16H12BrClN4O3S2. The van der Waals surface area contributed by atoms with Gasteiger partial charge in [-0.05, 0) is 58.7 Å². The molecule has 1 aromatic heterocycles. The molecule has 0 saturated carbocycles. The lowest BCUT2D eigenvalue weighted by Gasteiger charge is -2.12. The van der Waals surface area contributed by atoms with Crippen molar-refractivity contribution in [1.82, 2.24) is 10.2 Å². The second-order valence-electron chi connectivity index (χ2n) is 5.43. The van der Waals surface area contributed by atoms with Crippen molar-refractivity contribution in [1.29, 1.82) is 0 Å². The van der Waals surface area contributed by atoms with E-state index in [-0.39, 0.29) is 20.6 Å². The summed E-state index contributed by atoms with van der Waals surface area (Å²) >= 11 is 10.5. The normalized spacial score (nSPS) is 11.2. The Bertz CT molecular complexity index is 1100. The average Bonchev–Trinajstić information content (AvgIpc) is 3.11. The SMILES string of the molecule is Cc1ccc(Br)c(NS(=O)(=O)c2ccc(Cl)c(C(=O)Nc3nncs3)c2)c1. The zero-order valence-electron chi connectivity index (χ0n) is 13.7. The van der Waals surface area contributed by atoms with Crippen molar-refractivity contribution >= 4 is 65.6 Å². The van der Waals surface area contributed by atoms with Gasteiger partial charge in [0.1, 0.15) is 5.51 Å². The minimum Gasteiger partial charge on any atom is -0.296 e. The van der Waals surface area contributed by atoms with Crippen LogP contribution in [0, 0.1) is 6.92 Å². The van der Waals surface area contributed by atoms with Crippen LogP contribution in [0.3, 0.4) is 0 Å². The third-order valence-electron chi connectivity index (χ3n) is 3.44. The molecule has 3 rings (SSSR count). The van der Waals surface area contributed by atoms with Crippen molar-refractivity contribution in [2.45, 2.75) is 11.8 Å². The third kappa shape index (κ3) is 4.64. The molecule has 1 heterocycles. The molecule has 0 spiro atoms. The molecule has 2 N–H and O–H groups in total. The molecule has 0 fully saturated rings. The van der Waals surface area contributed by atoms with Gasteiger partial charge in [0, 0.05) is 4.47 Å². The number of benzene rings is 2. The number of anilines is 2. The topological polar surface area (TPSA) is 101 Å². The predicted molar refractivity (Wildman–Crippen MR) is 109 cm³/mol. The Morgan fingerprint density at radius 2 is 2.00 bits per heavy atom. The number of carbonyl (C=O) groups is 1. The fourth-order valence-corrected chi connectivity index (χ4v) is 4.38. The number of rotatable bonds is 5. The molecule has 0 unspecified atom stereocenters. The maximum absolute atomic E-state index is 12.7. The number of aromatic nitrogens is 2. The first-order chi connectivity index (χ1) is 12.8. The summed E-state index contributed by atoms with van der Waals surface area (Å²) in [5, 5.41) is 10.3. The molecule has 27 heavy (non-hydrogen) atoms. The van der Waals surface area contributed by atoms with Crippen LogP contribution < -0.4 is 10.0 Å². The van der Waals surface area contributed by atoms with Crippen LogP contribution in [0.1, 0.15) is 15.9 Å². The molecule has 1 amide bonds. The van der Waals surface area contributed by atoms with Crippen LogP contribution in [0.25, 0.3) is 0 Å². The van der Waals surface area contributed by atoms with Crippen molar-refractivity contribution in [3.63, 3.8) is 0 Å². The van der Waals surface area contributed by atoms with Gasteiger partial charge < -0.3 is 0 Å². The largest absolute Gasteiger partial charge is 0.296 e. The van der Waals surface area contributed by atoms with Gasteiger partial charge in [0.25, 0.3) is 15.9 Å². The first-order valence-corrected chi connectivity index (χ1v) is 11.0. The zero-order valence-corrected chi connectivity index (χ0v) is 17.7. The molecule has 7 nitrogen and oxygen atoms in total. The number of hydrogen-bond donors (Lipinski definition) is 2. The highest BCUT2D eigenvalue weighted by Crippen LogP contribution is 2.28. The summed E-state index contributed by atoms with van der Waals surface area (Å²) in [5.41, 5.74) is 2.76. The number of amides is 1. The van der Waals surface area contributed by atoms with E-state index in [1.165, 1.54) is 23.7 Å². The van der Waals surface area contributed by atoms with Gasteiger partial charge in [-0.25, -0.2) is 8.42 Å². The van der Waals surface area contributed by atoms with Crippen molar-refractivity contribution in [3.05, 3.63) is 62.5 Å². The first kappa shape index (κ1) is 19.7. The molecule has 0 aliphatic heterocycles. The zero-order chi connectivity index (χ0) is 19.6. The monoisotopic (exact) mass is 486 g/mol. The highest BCUT2D eigenvalue weighted by Gasteiger charge is 2.20. The van der Waals surface area contributed by atoms with Crippen molar-refractivity contribution < 1.29 is 13.2 Å². The maximum atomic E-state index is 12.7. The first-order valence-electron chi connectivity index (χ1n) is 7.42. The summed E-state index contributed by atoms with van der Waals surface area (Å²) < 4.78 is 28.6. The minimum absolute atomic E-state index is 0.0121. The summed E-state index contributed by atoms with van der Waals surface area (Å²) in [6.45, 7) is 1.85. The van der Waals surface area contributed by atoms with Crippen LogP contribution in [0.4, 0.5) is 10.8 Å². The van der Waals surface area contributed by atoms with Crippen LogP contribution in [0.5, 0.6) is 0 Å². The Morgan fingerprint density at radius 3 is 2.70 bits per heavy atom. The molecule has 3 aromatic rings. The van der Waals surface area contributed by atoms with E-state index in [0.717, 1.165) is 16.9 Å². The summed E-state index contributed by atoms with van der Waals surface area (Å²) in [6.07, 6.45) is 0. The molecule has 140 valence electrons. The second-order valence-corrected chi connectivity index (χ2v) is 9.21. The maximum Gasteiger partial charge on any atom is 0.261 e. The summed E-state index contributed by atoms with van der Waals surface area (Å²) in [6, 6.07) is 9.19. The Balaban J connectivity index is 1.92. The quantitative estimate of drug-likeness (QED) is 0.558. The van der Waals surface area contributed by atoms with Crippen molar-refractivity contribution in [2.75, 3.05) is 10.0 Å². The Kier molecular flexibility index (Phi) is 5.80. The van der Waals surface area contributed by atoms with Crippen molar-refractivity contribution in [3.8, 4) is 0 Å². The fraction of sp³-hybridized carbons (Fsp3) is 0.0625. The van der Waals surface area contributed by atoms with E-state index in [1.54, 1.807) is 12.1 Å². The number of nitrogens with one attached hydrogen (secondary N) is 2.